The van der Waals surface area contributed by atoms with Gasteiger partial charge < -0.3 is 15.4 Å². The number of aromatic nitrogens is 4. The lowest BCUT2D eigenvalue weighted by molar-refractivity contribution is 0.122. The maximum absolute atomic E-state index is 15.6. The Hall–Kier alpha value is -3.97. The van der Waals surface area contributed by atoms with Crippen LogP contribution >= 0.6 is 0 Å². The summed E-state index contributed by atoms with van der Waals surface area (Å²) in [5, 5.41) is 0.709. The van der Waals surface area contributed by atoms with Crippen LogP contribution in [0.4, 0.5) is 26.2 Å². The van der Waals surface area contributed by atoms with Gasteiger partial charge >= 0.3 is 0 Å². The summed E-state index contributed by atoms with van der Waals surface area (Å²) >= 11 is 0. The molecule has 1 saturated heterocycles. The number of morpholine rings is 1. The van der Waals surface area contributed by atoms with Crippen molar-refractivity contribution in [2.75, 3.05) is 54.1 Å². The van der Waals surface area contributed by atoms with E-state index in [1.807, 2.05) is 6.92 Å². The number of benzene rings is 2. The minimum atomic E-state index is -3.90. The minimum absolute atomic E-state index is 0.141. The van der Waals surface area contributed by atoms with Crippen molar-refractivity contribution < 1.29 is 21.9 Å². The number of alkyl halides is 1. The molecule has 0 bridgehead atoms. The van der Waals surface area contributed by atoms with E-state index in [1.165, 1.54) is 6.07 Å². The standard InChI is InChI=1S/C26H27F2N7O3S/c1-16-12-17(19-4-2-5-21(22(19)28)34-39(36,37)11-3-6-27)13-20-23(16)32-24(18-14-30-26(29)31-15-18)33-25(20)35-7-9-38-10-8-35/h2,4-5,12-15,34H,3,6-11H2,1H3,(H2,29,30,31). The molecule has 10 nitrogen and oxygen atoms in total. The summed E-state index contributed by atoms with van der Waals surface area (Å²) in [4.78, 5) is 19.8. The number of sulfonamides is 1. The van der Waals surface area contributed by atoms with Crippen LogP contribution in [0.3, 0.4) is 0 Å². The molecule has 2 aromatic carbocycles. The average molecular weight is 556 g/mol. The van der Waals surface area contributed by atoms with Gasteiger partial charge in [0.25, 0.3) is 0 Å². The molecule has 13 heteroatoms. The molecule has 0 saturated carbocycles. The molecule has 1 fully saturated rings. The van der Waals surface area contributed by atoms with Crippen molar-refractivity contribution in [2.45, 2.75) is 13.3 Å². The average Bonchev–Trinajstić information content (AvgIpc) is 2.93. The molecule has 0 unspecified atom stereocenters. The number of ether oxygens (including phenoxy) is 1. The lowest BCUT2D eigenvalue weighted by Gasteiger charge is -2.29. The number of halogens is 2. The minimum Gasteiger partial charge on any atom is -0.378 e. The van der Waals surface area contributed by atoms with E-state index >= 15 is 4.39 Å². The predicted octanol–water partition coefficient (Wildman–Crippen LogP) is 3.72. The van der Waals surface area contributed by atoms with E-state index in [2.05, 4.69) is 19.6 Å². The van der Waals surface area contributed by atoms with Gasteiger partial charge in [0.15, 0.2) is 11.6 Å². The summed E-state index contributed by atoms with van der Waals surface area (Å²) in [6, 6.07) is 8.07. The van der Waals surface area contributed by atoms with Crippen LogP contribution in [0, 0.1) is 12.7 Å². The number of nitrogens with two attached hydrogens (primary N) is 1. The highest BCUT2D eigenvalue weighted by Gasteiger charge is 2.22. The molecule has 204 valence electrons. The molecule has 2 aromatic heterocycles. The van der Waals surface area contributed by atoms with Gasteiger partial charge in [-0.1, -0.05) is 12.1 Å². The van der Waals surface area contributed by atoms with Gasteiger partial charge in [-0.25, -0.2) is 32.7 Å². The van der Waals surface area contributed by atoms with Gasteiger partial charge in [0.2, 0.25) is 16.0 Å². The molecule has 0 radical (unpaired) electrons. The van der Waals surface area contributed by atoms with Gasteiger partial charge in [-0.3, -0.25) is 9.11 Å². The second kappa shape index (κ2) is 11.0. The molecule has 3 heterocycles. The number of hydrogen-bond donors (Lipinski definition) is 2. The number of rotatable bonds is 8. The van der Waals surface area contributed by atoms with Gasteiger partial charge in [-0.05, 0) is 42.7 Å². The highest BCUT2D eigenvalue weighted by Crippen LogP contribution is 2.36. The van der Waals surface area contributed by atoms with Gasteiger partial charge in [-0.15, -0.1) is 0 Å². The van der Waals surface area contributed by atoms with Crippen molar-refractivity contribution in [3.05, 3.63) is 54.1 Å². The Labute approximate surface area is 224 Å². The molecule has 1 aliphatic rings. The zero-order valence-electron chi connectivity index (χ0n) is 21.2. The summed E-state index contributed by atoms with van der Waals surface area (Å²) in [6.07, 6.45) is 2.95. The Morgan fingerprint density at radius 3 is 2.56 bits per heavy atom. The van der Waals surface area contributed by atoms with E-state index < -0.39 is 28.3 Å². The van der Waals surface area contributed by atoms with E-state index in [1.54, 1.807) is 36.7 Å². The largest absolute Gasteiger partial charge is 0.378 e. The van der Waals surface area contributed by atoms with Crippen LogP contribution in [0.25, 0.3) is 33.4 Å². The van der Waals surface area contributed by atoms with E-state index in [-0.39, 0.29) is 23.6 Å². The highest BCUT2D eigenvalue weighted by molar-refractivity contribution is 7.92. The number of nitrogen functional groups attached to an aromatic ring is 1. The van der Waals surface area contributed by atoms with E-state index in [9.17, 15) is 12.8 Å². The van der Waals surface area contributed by atoms with Crippen LogP contribution in [0.5, 0.6) is 0 Å². The quantitative estimate of drug-likeness (QED) is 0.333. The fraction of sp³-hybridized carbons (Fsp3) is 0.308. The zero-order valence-corrected chi connectivity index (χ0v) is 22.0. The van der Waals surface area contributed by atoms with Crippen molar-refractivity contribution in [1.29, 1.82) is 0 Å². The first kappa shape index (κ1) is 26.6. The highest BCUT2D eigenvalue weighted by atomic mass is 32.2. The van der Waals surface area contributed by atoms with Crippen LogP contribution in [0.15, 0.2) is 42.7 Å². The maximum atomic E-state index is 15.6. The SMILES string of the molecule is Cc1cc(-c2cccc(NS(=O)(=O)CCCF)c2F)cc2c(N3CCOCC3)nc(-c3cnc(N)nc3)nc12. The Kier molecular flexibility index (Phi) is 7.53. The predicted molar refractivity (Wildman–Crippen MR) is 146 cm³/mol. The molecule has 0 atom stereocenters. The van der Waals surface area contributed by atoms with Gasteiger partial charge in [0.1, 0.15) is 5.82 Å². The summed E-state index contributed by atoms with van der Waals surface area (Å²) in [7, 11) is -3.90. The lowest BCUT2D eigenvalue weighted by atomic mass is 9.99. The number of hydrogen-bond acceptors (Lipinski definition) is 9. The smallest absolute Gasteiger partial charge is 0.232 e. The third-order valence-electron chi connectivity index (χ3n) is 6.33. The molecular weight excluding hydrogens is 528 g/mol. The third kappa shape index (κ3) is 5.73. The van der Waals surface area contributed by atoms with Crippen LogP contribution in [0.2, 0.25) is 0 Å². The number of aryl methyl sites for hydroxylation is 1. The van der Waals surface area contributed by atoms with Crippen molar-refractivity contribution in [1.82, 2.24) is 19.9 Å². The number of fused-ring (bicyclic) bond motifs is 1. The zero-order chi connectivity index (χ0) is 27.6. The topological polar surface area (TPSA) is 136 Å². The van der Waals surface area contributed by atoms with E-state index in [4.69, 9.17) is 20.4 Å². The molecule has 0 aliphatic carbocycles. The molecule has 0 amide bonds. The Morgan fingerprint density at radius 1 is 1.10 bits per heavy atom. The van der Waals surface area contributed by atoms with Crippen LogP contribution in [-0.2, 0) is 14.8 Å². The second-order valence-electron chi connectivity index (χ2n) is 9.12. The van der Waals surface area contributed by atoms with Crippen molar-refractivity contribution >= 4 is 38.4 Å². The van der Waals surface area contributed by atoms with Gasteiger partial charge in [-0.2, -0.15) is 0 Å². The monoisotopic (exact) mass is 555 g/mol. The fourth-order valence-electron chi connectivity index (χ4n) is 4.44. The maximum Gasteiger partial charge on any atom is 0.232 e. The molecule has 3 N–H and O–H groups in total. The molecule has 39 heavy (non-hydrogen) atoms. The first-order chi connectivity index (χ1) is 18.8. The fourth-order valence-corrected chi connectivity index (χ4v) is 5.52. The van der Waals surface area contributed by atoms with Crippen LogP contribution < -0.4 is 15.4 Å². The number of anilines is 3. The third-order valence-corrected chi connectivity index (χ3v) is 7.69. The molecule has 5 rings (SSSR count). The number of nitrogens with zero attached hydrogens (tertiary/aromatic N) is 5. The molecule has 4 aromatic rings. The molecule has 0 spiro atoms. The summed E-state index contributed by atoms with van der Waals surface area (Å²) in [5.74, 6) is 0.0516. The molecular formula is C26H27F2N7O3S. The van der Waals surface area contributed by atoms with Gasteiger partial charge in [0.05, 0.1) is 42.4 Å². The van der Waals surface area contributed by atoms with Crippen LogP contribution in [-0.4, -0.2) is 67.1 Å². The Morgan fingerprint density at radius 2 is 1.85 bits per heavy atom. The van der Waals surface area contributed by atoms with E-state index in [0.717, 1.165) is 5.56 Å². The summed E-state index contributed by atoms with van der Waals surface area (Å²) in [6.45, 7) is 3.37. The number of nitrogens with one attached hydrogen (secondary N) is 1. The van der Waals surface area contributed by atoms with Crippen molar-refractivity contribution in [3.63, 3.8) is 0 Å². The first-order valence-electron chi connectivity index (χ1n) is 12.3. The van der Waals surface area contributed by atoms with Crippen molar-refractivity contribution in [3.8, 4) is 22.5 Å². The molecule has 1 aliphatic heterocycles. The summed E-state index contributed by atoms with van der Waals surface area (Å²) in [5.41, 5.74) is 8.22. The van der Waals surface area contributed by atoms with Gasteiger partial charge in [0, 0.05) is 36.4 Å². The lowest BCUT2D eigenvalue weighted by Crippen LogP contribution is -2.37. The van der Waals surface area contributed by atoms with Crippen molar-refractivity contribution in [2.24, 2.45) is 0 Å². The Balaban J connectivity index is 1.63. The Bertz CT molecular complexity index is 1610. The van der Waals surface area contributed by atoms with E-state index in [0.29, 0.717) is 60.0 Å². The first-order valence-corrected chi connectivity index (χ1v) is 14.0. The summed E-state index contributed by atoms with van der Waals surface area (Å²) < 4.78 is 60.5. The normalized spacial score (nSPS) is 14.1. The van der Waals surface area contributed by atoms with Crippen LogP contribution in [0.1, 0.15) is 12.0 Å². The second-order valence-corrected chi connectivity index (χ2v) is 11.0.